The number of rotatable bonds is 2. The Kier molecular flexibility index (Phi) is 3.06. The second-order valence-electron chi connectivity index (χ2n) is 6.05. The normalized spacial score (nSPS) is 20.9. The van der Waals surface area contributed by atoms with Crippen LogP contribution in [0.4, 0.5) is 5.69 Å². The molecule has 2 heteroatoms. The highest BCUT2D eigenvalue weighted by atomic mass is 16.3. The van der Waals surface area contributed by atoms with Crippen LogP contribution < -0.4 is 5.73 Å². The highest BCUT2D eigenvalue weighted by Gasteiger charge is 2.36. The van der Waals surface area contributed by atoms with E-state index in [4.69, 9.17) is 5.73 Å². The van der Waals surface area contributed by atoms with Crippen molar-refractivity contribution >= 4 is 5.69 Å². The van der Waals surface area contributed by atoms with Gasteiger partial charge in [-0.3, -0.25) is 0 Å². The van der Waals surface area contributed by atoms with Crippen molar-refractivity contribution in [3.63, 3.8) is 0 Å². The van der Waals surface area contributed by atoms with E-state index in [1.807, 2.05) is 18.2 Å². The molecule has 3 N–H and O–H groups in total. The summed E-state index contributed by atoms with van der Waals surface area (Å²) in [4.78, 5) is 0. The van der Waals surface area contributed by atoms with E-state index in [9.17, 15) is 5.11 Å². The summed E-state index contributed by atoms with van der Waals surface area (Å²) in [5.74, 6) is 0. The molecule has 1 aliphatic rings. The lowest BCUT2D eigenvalue weighted by Gasteiger charge is -2.25. The second kappa shape index (κ2) is 4.64. The van der Waals surface area contributed by atoms with Crippen LogP contribution in [0.25, 0.3) is 0 Å². The van der Waals surface area contributed by atoms with Gasteiger partial charge in [-0.1, -0.05) is 29.8 Å². The van der Waals surface area contributed by atoms with E-state index in [1.54, 1.807) is 0 Å². The summed E-state index contributed by atoms with van der Waals surface area (Å²) in [5, 5.41) is 11.1. The predicted molar refractivity (Wildman–Crippen MR) is 82.7 cm³/mol. The highest BCUT2D eigenvalue weighted by molar-refractivity contribution is 5.49. The van der Waals surface area contributed by atoms with Gasteiger partial charge >= 0.3 is 0 Å². The standard InChI is InChI=1S/C18H21NO/c1-12-3-4-13(2)15(9-12)11-18(20)8-7-14-10-16(19)5-6-17(14)18/h3-6,9-10,20H,7-8,11,19H2,1-2H3. The van der Waals surface area contributed by atoms with Crippen LogP contribution in [0.3, 0.4) is 0 Å². The van der Waals surface area contributed by atoms with Gasteiger partial charge in [0.15, 0.2) is 0 Å². The predicted octanol–water partition coefficient (Wildman–Crippen LogP) is 3.26. The number of hydrogen-bond donors (Lipinski definition) is 2. The largest absolute Gasteiger partial charge is 0.399 e. The zero-order valence-corrected chi connectivity index (χ0v) is 12.1. The number of nitrogens with two attached hydrogens (primary N) is 1. The molecule has 0 bridgehead atoms. The van der Waals surface area contributed by atoms with Gasteiger partial charge in [0.25, 0.3) is 0 Å². The molecule has 104 valence electrons. The molecule has 1 unspecified atom stereocenters. The number of hydrogen-bond acceptors (Lipinski definition) is 2. The van der Waals surface area contributed by atoms with Gasteiger partial charge < -0.3 is 10.8 Å². The molecule has 2 aromatic rings. The summed E-state index contributed by atoms with van der Waals surface area (Å²) in [5.41, 5.74) is 11.8. The molecule has 20 heavy (non-hydrogen) atoms. The molecule has 2 aromatic carbocycles. The average Bonchev–Trinajstić information content (AvgIpc) is 2.71. The fourth-order valence-electron chi connectivity index (χ4n) is 3.24. The Morgan fingerprint density at radius 2 is 1.95 bits per heavy atom. The SMILES string of the molecule is Cc1ccc(C)c(CC2(O)CCc3cc(N)ccc32)c1. The number of nitrogen functional groups attached to an aromatic ring is 1. The smallest absolute Gasteiger partial charge is 0.0942 e. The van der Waals surface area contributed by atoms with Crippen molar-refractivity contribution in [1.82, 2.24) is 0 Å². The molecule has 1 atom stereocenters. The molecule has 0 aromatic heterocycles. The third-order valence-corrected chi connectivity index (χ3v) is 4.43. The molecule has 0 radical (unpaired) electrons. The van der Waals surface area contributed by atoms with E-state index in [0.717, 1.165) is 24.1 Å². The quantitative estimate of drug-likeness (QED) is 0.820. The van der Waals surface area contributed by atoms with Gasteiger partial charge in [0.1, 0.15) is 0 Å². The van der Waals surface area contributed by atoms with Crippen molar-refractivity contribution < 1.29 is 5.11 Å². The van der Waals surface area contributed by atoms with Crippen LogP contribution in [-0.2, 0) is 18.4 Å². The van der Waals surface area contributed by atoms with Crippen LogP contribution >= 0.6 is 0 Å². The van der Waals surface area contributed by atoms with E-state index >= 15 is 0 Å². The van der Waals surface area contributed by atoms with Gasteiger partial charge in [-0.2, -0.15) is 0 Å². The Bertz CT molecular complexity index is 662. The monoisotopic (exact) mass is 267 g/mol. The first-order valence-electron chi connectivity index (χ1n) is 7.15. The van der Waals surface area contributed by atoms with Crippen molar-refractivity contribution in [2.24, 2.45) is 0 Å². The number of aliphatic hydroxyl groups is 1. The summed E-state index contributed by atoms with van der Waals surface area (Å²) >= 11 is 0. The third kappa shape index (κ3) is 2.20. The molecule has 0 saturated carbocycles. The minimum absolute atomic E-state index is 0.678. The molecule has 0 heterocycles. The lowest BCUT2D eigenvalue weighted by molar-refractivity contribution is 0.0388. The van der Waals surface area contributed by atoms with E-state index in [2.05, 4.69) is 32.0 Å². The Hall–Kier alpha value is -1.80. The van der Waals surface area contributed by atoms with Crippen LogP contribution in [0.5, 0.6) is 0 Å². The fourth-order valence-corrected chi connectivity index (χ4v) is 3.24. The third-order valence-electron chi connectivity index (χ3n) is 4.43. The molecular weight excluding hydrogens is 246 g/mol. The number of benzene rings is 2. The van der Waals surface area contributed by atoms with Gasteiger partial charge in [-0.15, -0.1) is 0 Å². The Morgan fingerprint density at radius 3 is 2.75 bits per heavy atom. The Morgan fingerprint density at radius 1 is 1.15 bits per heavy atom. The minimum Gasteiger partial charge on any atom is -0.399 e. The minimum atomic E-state index is -0.748. The van der Waals surface area contributed by atoms with E-state index in [0.29, 0.717) is 6.42 Å². The molecule has 1 aliphatic carbocycles. The summed E-state index contributed by atoms with van der Waals surface area (Å²) in [6, 6.07) is 12.3. The summed E-state index contributed by atoms with van der Waals surface area (Å²) in [6.45, 7) is 4.20. The zero-order chi connectivity index (χ0) is 14.3. The molecule has 3 rings (SSSR count). The number of fused-ring (bicyclic) bond motifs is 1. The topological polar surface area (TPSA) is 46.2 Å². The maximum Gasteiger partial charge on any atom is 0.0942 e. The number of aryl methyl sites for hydroxylation is 3. The van der Waals surface area contributed by atoms with E-state index in [1.165, 1.54) is 22.3 Å². The van der Waals surface area contributed by atoms with Crippen molar-refractivity contribution in [2.75, 3.05) is 5.73 Å². The maximum atomic E-state index is 11.1. The Balaban J connectivity index is 1.98. The number of anilines is 1. The van der Waals surface area contributed by atoms with Crippen molar-refractivity contribution in [3.05, 3.63) is 64.2 Å². The van der Waals surface area contributed by atoms with Crippen LogP contribution in [0, 0.1) is 13.8 Å². The lowest BCUT2D eigenvalue weighted by Crippen LogP contribution is -2.25. The van der Waals surface area contributed by atoms with Crippen LogP contribution in [0.2, 0.25) is 0 Å². The molecule has 0 aliphatic heterocycles. The molecule has 0 saturated heterocycles. The van der Waals surface area contributed by atoms with Crippen molar-refractivity contribution in [1.29, 1.82) is 0 Å². The molecule has 0 amide bonds. The van der Waals surface area contributed by atoms with Crippen LogP contribution in [0.15, 0.2) is 36.4 Å². The lowest BCUT2D eigenvalue weighted by atomic mass is 9.86. The average molecular weight is 267 g/mol. The first-order chi connectivity index (χ1) is 9.48. The molecular formula is C18H21NO. The Labute approximate surface area is 120 Å². The highest BCUT2D eigenvalue weighted by Crippen LogP contribution is 2.40. The van der Waals surface area contributed by atoms with Crippen molar-refractivity contribution in [3.8, 4) is 0 Å². The fraction of sp³-hybridized carbons (Fsp3) is 0.333. The van der Waals surface area contributed by atoms with Crippen LogP contribution in [-0.4, -0.2) is 5.11 Å². The molecule has 2 nitrogen and oxygen atoms in total. The van der Waals surface area contributed by atoms with E-state index in [-0.39, 0.29) is 0 Å². The van der Waals surface area contributed by atoms with Gasteiger partial charge in [0, 0.05) is 12.1 Å². The van der Waals surface area contributed by atoms with E-state index < -0.39 is 5.60 Å². The molecule has 0 spiro atoms. The van der Waals surface area contributed by atoms with Crippen LogP contribution in [0.1, 0.15) is 34.2 Å². The zero-order valence-electron chi connectivity index (χ0n) is 12.1. The second-order valence-corrected chi connectivity index (χ2v) is 6.05. The van der Waals surface area contributed by atoms with Crippen molar-refractivity contribution in [2.45, 2.75) is 38.7 Å². The summed E-state index contributed by atoms with van der Waals surface area (Å²) in [6.07, 6.45) is 2.36. The summed E-state index contributed by atoms with van der Waals surface area (Å²) in [7, 11) is 0. The van der Waals surface area contributed by atoms with Gasteiger partial charge in [-0.05, 0) is 61.1 Å². The summed E-state index contributed by atoms with van der Waals surface area (Å²) < 4.78 is 0. The van der Waals surface area contributed by atoms with Gasteiger partial charge in [-0.25, -0.2) is 0 Å². The van der Waals surface area contributed by atoms with Gasteiger partial charge in [0.2, 0.25) is 0 Å². The molecule has 0 fully saturated rings. The first kappa shape index (κ1) is 13.2. The maximum absolute atomic E-state index is 11.1. The first-order valence-corrected chi connectivity index (χ1v) is 7.15. The van der Waals surface area contributed by atoms with Gasteiger partial charge in [0.05, 0.1) is 5.60 Å².